The van der Waals surface area contributed by atoms with E-state index in [0.29, 0.717) is 24.5 Å². The van der Waals surface area contributed by atoms with Crippen molar-refractivity contribution in [2.24, 2.45) is 0 Å². The average molecular weight is 278 g/mol. The summed E-state index contributed by atoms with van der Waals surface area (Å²) in [4.78, 5) is 0. The quantitative estimate of drug-likeness (QED) is 0.934. The summed E-state index contributed by atoms with van der Waals surface area (Å²) in [6.45, 7) is 1.31. The number of nitrogens with two attached hydrogens (primary N) is 1. The van der Waals surface area contributed by atoms with E-state index in [1.807, 2.05) is 0 Å². The minimum Gasteiger partial charge on any atom is -0.487 e. The standard InChI is InChI=1S/C14H15FN2O3/c15-11-7-9(13-8-14(16)17-20-13)1-2-12(11)19-10-3-5-18-6-4-10/h1-2,7-8,10H,3-6H2,(H2,16,17). The molecule has 0 bridgehead atoms. The number of hydrogen-bond acceptors (Lipinski definition) is 5. The summed E-state index contributed by atoms with van der Waals surface area (Å²) in [5, 5.41) is 3.57. The van der Waals surface area contributed by atoms with Crippen molar-refractivity contribution in [3.8, 4) is 17.1 Å². The molecule has 5 nitrogen and oxygen atoms in total. The van der Waals surface area contributed by atoms with Crippen LogP contribution in [-0.2, 0) is 4.74 Å². The number of anilines is 1. The third-order valence-electron chi connectivity index (χ3n) is 3.21. The molecule has 1 aromatic heterocycles. The number of nitrogens with zero attached hydrogens (tertiary/aromatic N) is 1. The summed E-state index contributed by atoms with van der Waals surface area (Å²) in [6.07, 6.45) is 1.56. The number of halogens is 1. The summed E-state index contributed by atoms with van der Waals surface area (Å²) in [5.41, 5.74) is 6.05. The van der Waals surface area contributed by atoms with Crippen molar-refractivity contribution in [1.29, 1.82) is 0 Å². The molecule has 3 rings (SSSR count). The number of benzene rings is 1. The number of ether oxygens (including phenoxy) is 2. The molecule has 0 unspecified atom stereocenters. The highest BCUT2D eigenvalue weighted by Crippen LogP contribution is 2.28. The van der Waals surface area contributed by atoms with Gasteiger partial charge in [-0.2, -0.15) is 0 Å². The van der Waals surface area contributed by atoms with Crippen molar-refractivity contribution in [3.63, 3.8) is 0 Å². The van der Waals surface area contributed by atoms with Crippen LogP contribution in [0.15, 0.2) is 28.8 Å². The smallest absolute Gasteiger partial charge is 0.169 e. The van der Waals surface area contributed by atoms with Gasteiger partial charge in [0.05, 0.1) is 13.2 Å². The molecule has 0 saturated carbocycles. The summed E-state index contributed by atoms with van der Waals surface area (Å²) in [6, 6.07) is 6.22. The minimum atomic E-state index is -0.427. The van der Waals surface area contributed by atoms with E-state index in [2.05, 4.69) is 5.16 Å². The fourth-order valence-electron chi connectivity index (χ4n) is 2.15. The Bertz CT molecular complexity index is 594. The Balaban J connectivity index is 1.76. The van der Waals surface area contributed by atoms with Gasteiger partial charge in [-0.25, -0.2) is 4.39 Å². The summed E-state index contributed by atoms with van der Waals surface area (Å²) >= 11 is 0. The van der Waals surface area contributed by atoms with E-state index in [0.717, 1.165) is 12.8 Å². The van der Waals surface area contributed by atoms with Crippen LogP contribution in [0.1, 0.15) is 12.8 Å². The predicted molar refractivity (Wildman–Crippen MR) is 70.8 cm³/mol. The van der Waals surface area contributed by atoms with Crippen LogP contribution in [0.5, 0.6) is 5.75 Å². The van der Waals surface area contributed by atoms with E-state index in [9.17, 15) is 4.39 Å². The molecule has 0 atom stereocenters. The first-order valence-corrected chi connectivity index (χ1v) is 6.49. The molecule has 0 spiro atoms. The molecule has 2 N–H and O–H groups in total. The lowest BCUT2D eigenvalue weighted by Crippen LogP contribution is -2.26. The zero-order valence-corrected chi connectivity index (χ0v) is 10.8. The highest BCUT2D eigenvalue weighted by atomic mass is 19.1. The molecular formula is C14H15FN2O3. The lowest BCUT2D eigenvalue weighted by Gasteiger charge is -2.23. The van der Waals surface area contributed by atoms with Gasteiger partial charge in [-0.1, -0.05) is 5.16 Å². The van der Waals surface area contributed by atoms with Gasteiger partial charge in [0.25, 0.3) is 0 Å². The lowest BCUT2D eigenvalue weighted by atomic mass is 10.1. The van der Waals surface area contributed by atoms with Gasteiger partial charge < -0.3 is 19.7 Å². The molecular weight excluding hydrogens is 263 g/mol. The van der Waals surface area contributed by atoms with Crippen molar-refractivity contribution in [3.05, 3.63) is 30.1 Å². The fourth-order valence-corrected chi connectivity index (χ4v) is 2.15. The molecule has 20 heavy (non-hydrogen) atoms. The first-order chi connectivity index (χ1) is 9.72. The van der Waals surface area contributed by atoms with Crippen LogP contribution < -0.4 is 10.5 Å². The maximum atomic E-state index is 14.0. The number of nitrogen functional groups attached to an aromatic ring is 1. The molecule has 1 saturated heterocycles. The molecule has 1 aliphatic rings. The molecule has 6 heteroatoms. The van der Waals surface area contributed by atoms with Crippen molar-refractivity contribution < 1.29 is 18.4 Å². The second-order valence-corrected chi connectivity index (χ2v) is 4.69. The maximum Gasteiger partial charge on any atom is 0.169 e. The topological polar surface area (TPSA) is 70.5 Å². The molecule has 1 fully saturated rings. The van der Waals surface area contributed by atoms with E-state index in [1.54, 1.807) is 18.2 Å². The fraction of sp³-hybridized carbons (Fsp3) is 0.357. The molecule has 106 valence electrons. The Morgan fingerprint density at radius 2 is 2.05 bits per heavy atom. The number of aromatic nitrogens is 1. The number of rotatable bonds is 3. The van der Waals surface area contributed by atoms with Gasteiger partial charge in [-0.05, 0) is 18.2 Å². The second kappa shape index (κ2) is 5.50. The largest absolute Gasteiger partial charge is 0.487 e. The van der Waals surface area contributed by atoms with Crippen LogP contribution >= 0.6 is 0 Å². The molecule has 2 aromatic rings. The van der Waals surface area contributed by atoms with Gasteiger partial charge >= 0.3 is 0 Å². The Kier molecular flexibility index (Phi) is 3.56. The number of hydrogen-bond donors (Lipinski definition) is 1. The van der Waals surface area contributed by atoms with Crippen LogP contribution in [0.3, 0.4) is 0 Å². The SMILES string of the molecule is Nc1cc(-c2ccc(OC3CCOCC3)c(F)c2)on1. The minimum absolute atomic E-state index is 0.00465. The third kappa shape index (κ3) is 2.75. The summed E-state index contributed by atoms with van der Waals surface area (Å²) in [7, 11) is 0. The first-order valence-electron chi connectivity index (χ1n) is 6.49. The first kappa shape index (κ1) is 12.9. The Labute approximate surface area is 115 Å². The van der Waals surface area contributed by atoms with Crippen molar-refractivity contribution in [2.75, 3.05) is 18.9 Å². The molecule has 1 aromatic carbocycles. The molecule has 0 aliphatic carbocycles. The van der Waals surface area contributed by atoms with Crippen LogP contribution in [-0.4, -0.2) is 24.5 Å². The van der Waals surface area contributed by atoms with Gasteiger partial charge in [-0.3, -0.25) is 0 Å². The van der Waals surface area contributed by atoms with Gasteiger partial charge in [-0.15, -0.1) is 0 Å². The third-order valence-corrected chi connectivity index (χ3v) is 3.21. The predicted octanol–water partition coefficient (Wildman–Crippen LogP) is 2.62. The van der Waals surface area contributed by atoms with Crippen LogP contribution in [0.2, 0.25) is 0 Å². The van der Waals surface area contributed by atoms with Crippen LogP contribution in [0.25, 0.3) is 11.3 Å². The van der Waals surface area contributed by atoms with E-state index >= 15 is 0 Å². The van der Waals surface area contributed by atoms with E-state index in [-0.39, 0.29) is 17.7 Å². The van der Waals surface area contributed by atoms with E-state index in [4.69, 9.17) is 19.7 Å². The van der Waals surface area contributed by atoms with Crippen LogP contribution in [0.4, 0.5) is 10.2 Å². The van der Waals surface area contributed by atoms with Crippen molar-refractivity contribution in [2.45, 2.75) is 18.9 Å². The van der Waals surface area contributed by atoms with E-state index in [1.165, 1.54) is 6.07 Å². The van der Waals surface area contributed by atoms with Gasteiger partial charge in [0.1, 0.15) is 6.10 Å². The zero-order valence-electron chi connectivity index (χ0n) is 10.8. The maximum absolute atomic E-state index is 14.0. The molecule has 0 amide bonds. The average Bonchev–Trinajstić information content (AvgIpc) is 2.89. The molecule has 0 radical (unpaired) electrons. The highest BCUT2D eigenvalue weighted by molar-refractivity contribution is 5.61. The zero-order chi connectivity index (χ0) is 13.9. The normalized spacial score (nSPS) is 16.2. The van der Waals surface area contributed by atoms with E-state index < -0.39 is 5.82 Å². The lowest BCUT2D eigenvalue weighted by molar-refractivity contribution is 0.0240. The summed E-state index contributed by atoms with van der Waals surface area (Å²) < 4.78 is 29.9. The summed E-state index contributed by atoms with van der Waals surface area (Å²) in [5.74, 6) is 0.513. The second-order valence-electron chi connectivity index (χ2n) is 4.69. The van der Waals surface area contributed by atoms with Gasteiger partial charge in [0, 0.05) is 24.5 Å². The molecule has 1 aliphatic heterocycles. The molecule has 2 heterocycles. The van der Waals surface area contributed by atoms with Gasteiger partial charge in [0.2, 0.25) is 0 Å². The van der Waals surface area contributed by atoms with Gasteiger partial charge in [0.15, 0.2) is 23.1 Å². The Morgan fingerprint density at radius 3 is 2.70 bits per heavy atom. The van der Waals surface area contributed by atoms with Crippen molar-refractivity contribution >= 4 is 5.82 Å². The monoisotopic (exact) mass is 278 g/mol. The van der Waals surface area contributed by atoms with Crippen LogP contribution in [0, 0.1) is 5.82 Å². The Morgan fingerprint density at radius 1 is 1.25 bits per heavy atom. The van der Waals surface area contributed by atoms with Crippen molar-refractivity contribution in [1.82, 2.24) is 5.16 Å². The highest BCUT2D eigenvalue weighted by Gasteiger charge is 2.17. The Hall–Kier alpha value is -2.08.